The molecule has 3 rings (SSSR count). The van der Waals surface area contributed by atoms with E-state index in [1.165, 1.54) is 6.07 Å². The molecule has 5 nitrogen and oxygen atoms in total. The second-order valence-corrected chi connectivity index (χ2v) is 6.02. The second kappa shape index (κ2) is 7.54. The Bertz CT molecular complexity index is 929. The van der Waals surface area contributed by atoms with E-state index < -0.39 is 5.82 Å². The summed E-state index contributed by atoms with van der Waals surface area (Å²) < 4.78 is 14.5. The normalized spacial score (nSPS) is 14.3. The predicted octanol–water partition coefficient (Wildman–Crippen LogP) is 3.04. The molecule has 6 heteroatoms. The van der Waals surface area contributed by atoms with Gasteiger partial charge in [0.15, 0.2) is 0 Å². The summed E-state index contributed by atoms with van der Waals surface area (Å²) in [5, 5.41) is 2.78. The highest BCUT2D eigenvalue weighted by Gasteiger charge is 2.28. The Kier molecular flexibility index (Phi) is 5.19. The maximum Gasteiger partial charge on any atom is 0.256 e. The largest absolute Gasteiger partial charge is 0.345 e. The molecular formula is C20H21FN4O. The number of aromatic nitrogens is 2. The quantitative estimate of drug-likeness (QED) is 0.657. The van der Waals surface area contributed by atoms with E-state index >= 15 is 0 Å². The van der Waals surface area contributed by atoms with Gasteiger partial charge in [-0.25, -0.2) is 9.37 Å². The van der Waals surface area contributed by atoms with Crippen LogP contribution in [0, 0.1) is 24.6 Å². The molecule has 2 N–H and O–H groups in total. The number of carbonyl (C=O) groups excluding carboxylic acids is 1. The van der Waals surface area contributed by atoms with Crippen molar-refractivity contribution < 1.29 is 9.18 Å². The van der Waals surface area contributed by atoms with Crippen molar-refractivity contribution in [2.45, 2.75) is 20.8 Å². The standard InChI is InChI=1S/C20H21FN4O/c1-4-25(5-2)10-6-7-14-16(21)8-9-17-19(14)15(20(26)24-17)11-18-13(3)22-12-23-18/h8-9,11-12H,4-5,10H2,1-3H3,(H,22,23)(H,24,26)/b15-11-. The summed E-state index contributed by atoms with van der Waals surface area (Å²) >= 11 is 0. The van der Waals surface area contributed by atoms with E-state index in [2.05, 4.69) is 45.9 Å². The number of amides is 1. The molecule has 2 heterocycles. The van der Waals surface area contributed by atoms with Crippen LogP contribution in [-0.4, -0.2) is 40.4 Å². The first-order valence-electron chi connectivity index (χ1n) is 8.62. The minimum Gasteiger partial charge on any atom is -0.345 e. The van der Waals surface area contributed by atoms with Gasteiger partial charge in [0.05, 0.1) is 41.1 Å². The first-order chi connectivity index (χ1) is 12.5. The van der Waals surface area contributed by atoms with Crippen molar-refractivity contribution in [2.24, 2.45) is 0 Å². The molecule has 0 radical (unpaired) electrons. The fraction of sp³-hybridized carbons (Fsp3) is 0.300. The van der Waals surface area contributed by atoms with Crippen molar-refractivity contribution in [3.8, 4) is 11.8 Å². The lowest BCUT2D eigenvalue weighted by molar-refractivity contribution is -0.110. The van der Waals surface area contributed by atoms with E-state index in [0.29, 0.717) is 29.1 Å². The van der Waals surface area contributed by atoms with Gasteiger partial charge >= 0.3 is 0 Å². The van der Waals surface area contributed by atoms with E-state index in [9.17, 15) is 9.18 Å². The first kappa shape index (κ1) is 17.9. The number of hydrogen-bond donors (Lipinski definition) is 2. The molecule has 2 aromatic rings. The van der Waals surface area contributed by atoms with Gasteiger partial charge in [-0.15, -0.1) is 0 Å². The monoisotopic (exact) mass is 352 g/mol. The number of benzene rings is 1. The third-order valence-electron chi connectivity index (χ3n) is 4.48. The van der Waals surface area contributed by atoms with Gasteiger partial charge in [-0.3, -0.25) is 9.69 Å². The highest BCUT2D eigenvalue weighted by molar-refractivity contribution is 6.35. The van der Waals surface area contributed by atoms with Crippen LogP contribution in [0.2, 0.25) is 0 Å². The number of H-pyrrole nitrogens is 1. The van der Waals surface area contributed by atoms with Gasteiger partial charge in [-0.2, -0.15) is 0 Å². The van der Waals surface area contributed by atoms with Crippen LogP contribution in [0.3, 0.4) is 0 Å². The summed E-state index contributed by atoms with van der Waals surface area (Å²) in [6.45, 7) is 8.27. The summed E-state index contributed by atoms with van der Waals surface area (Å²) in [5.74, 6) is 5.26. The van der Waals surface area contributed by atoms with Gasteiger partial charge in [-0.05, 0) is 38.2 Å². The molecule has 1 amide bonds. The van der Waals surface area contributed by atoms with Crippen LogP contribution in [-0.2, 0) is 4.79 Å². The van der Waals surface area contributed by atoms with Gasteiger partial charge in [0.25, 0.3) is 5.91 Å². The molecular weight excluding hydrogens is 331 g/mol. The van der Waals surface area contributed by atoms with Gasteiger partial charge in [0.1, 0.15) is 5.82 Å². The number of hydrogen-bond acceptors (Lipinski definition) is 3. The lowest BCUT2D eigenvalue weighted by Crippen LogP contribution is -2.22. The highest BCUT2D eigenvalue weighted by Crippen LogP contribution is 2.36. The van der Waals surface area contributed by atoms with Crippen LogP contribution in [0.1, 0.15) is 36.4 Å². The molecule has 0 saturated carbocycles. The number of anilines is 1. The Morgan fingerprint density at radius 3 is 2.73 bits per heavy atom. The number of carbonyl (C=O) groups is 1. The zero-order valence-corrected chi connectivity index (χ0v) is 15.1. The topological polar surface area (TPSA) is 61.0 Å². The minimum atomic E-state index is -0.431. The number of imidazole rings is 1. The smallest absolute Gasteiger partial charge is 0.256 e. The first-order valence-corrected chi connectivity index (χ1v) is 8.62. The zero-order valence-electron chi connectivity index (χ0n) is 15.1. The van der Waals surface area contributed by atoms with E-state index in [1.807, 2.05) is 6.92 Å². The van der Waals surface area contributed by atoms with Crippen molar-refractivity contribution in [3.05, 3.63) is 46.8 Å². The fourth-order valence-corrected chi connectivity index (χ4v) is 2.87. The van der Waals surface area contributed by atoms with Crippen molar-refractivity contribution >= 4 is 23.2 Å². The van der Waals surface area contributed by atoms with Gasteiger partial charge in [0.2, 0.25) is 0 Å². The molecule has 1 aromatic carbocycles. The average molecular weight is 352 g/mol. The zero-order chi connectivity index (χ0) is 18.7. The minimum absolute atomic E-state index is 0.247. The number of nitrogens with one attached hydrogen (secondary N) is 2. The Labute approximate surface area is 152 Å². The number of rotatable bonds is 4. The van der Waals surface area contributed by atoms with Crippen molar-refractivity contribution in [1.29, 1.82) is 0 Å². The highest BCUT2D eigenvalue weighted by atomic mass is 19.1. The van der Waals surface area contributed by atoms with Crippen LogP contribution >= 0.6 is 0 Å². The third kappa shape index (κ3) is 3.39. The van der Waals surface area contributed by atoms with Crippen molar-refractivity contribution in [2.75, 3.05) is 25.0 Å². The summed E-state index contributed by atoms with van der Waals surface area (Å²) in [5.41, 5.74) is 3.21. The molecule has 1 aromatic heterocycles. The van der Waals surface area contributed by atoms with E-state index in [0.717, 1.165) is 18.8 Å². The SMILES string of the molecule is CCN(CC)CC#Cc1c(F)ccc2c1/C(=C/c1[nH]cnc1C)C(=O)N2. The van der Waals surface area contributed by atoms with E-state index in [1.54, 1.807) is 18.5 Å². The second-order valence-electron chi connectivity index (χ2n) is 6.02. The molecule has 0 atom stereocenters. The number of fused-ring (bicyclic) bond motifs is 1. The summed E-state index contributed by atoms with van der Waals surface area (Å²) in [6, 6.07) is 2.91. The molecule has 0 spiro atoms. The molecule has 0 fully saturated rings. The Hall–Kier alpha value is -2.91. The van der Waals surface area contributed by atoms with Gasteiger partial charge in [0, 0.05) is 5.56 Å². The molecule has 0 saturated heterocycles. The molecule has 1 aliphatic heterocycles. The maximum atomic E-state index is 14.5. The number of aromatic amines is 1. The average Bonchev–Trinajstić information content (AvgIpc) is 3.17. The fourth-order valence-electron chi connectivity index (χ4n) is 2.87. The summed E-state index contributed by atoms with van der Waals surface area (Å²) in [4.78, 5) is 21.7. The molecule has 0 unspecified atom stereocenters. The Morgan fingerprint density at radius 2 is 2.08 bits per heavy atom. The molecule has 1 aliphatic rings. The molecule has 0 bridgehead atoms. The maximum absolute atomic E-state index is 14.5. The predicted molar refractivity (Wildman–Crippen MR) is 101 cm³/mol. The number of nitrogens with zero attached hydrogens (tertiary/aromatic N) is 2. The molecule has 134 valence electrons. The lowest BCUT2D eigenvalue weighted by Gasteiger charge is -2.13. The van der Waals surface area contributed by atoms with E-state index in [4.69, 9.17) is 0 Å². The Morgan fingerprint density at radius 1 is 1.31 bits per heavy atom. The summed E-state index contributed by atoms with van der Waals surface area (Å²) in [6.07, 6.45) is 3.25. The summed E-state index contributed by atoms with van der Waals surface area (Å²) in [7, 11) is 0. The van der Waals surface area contributed by atoms with Crippen LogP contribution in [0.5, 0.6) is 0 Å². The van der Waals surface area contributed by atoms with Crippen LogP contribution in [0.25, 0.3) is 11.6 Å². The van der Waals surface area contributed by atoms with Gasteiger partial charge in [-0.1, -0.05) is 25.7 Å². The van der Waals surface area contributed by atoms with Crippen LogP contribution in [0.4, 0.5) is 10.1 Å². The lowest BCUT2D eigenvalue weighted by atomic mass is 9.99. The Balaban J connectivity index is 2.06. The van der Waals surface area contributed by atoms with E-state index in [-0.39, 0.29) is 11.5 Å². The van der Waals surface area contributed by atoms with Crippen molar-refractivity contribution in [1.82, 2.24) is 14.9 Å². The number of aryl methyl sites for hydroxylation is 1. The molecule has 0 aliphatic carbocycles. The number of halogens is 1. The van der Waals surface area contributed by atoms with Crippen LogP contribution in [0.15, 0.2) is 18.5 Å². The van der Waals surface area contributed by atoms with Gasteiger partial charge < -0.3 is 10.3 Å². The third-order valence-corrected chi connectivity index (χ3v) is 4.48. The van der Waals surface area contributed by atoms with Crippen LogP contribution < -0.4 is 5.32 Å². The molecule has 26 heavy (non-hydrogen) atoms. The van der Waals surface area contributed by atoms with Crippen molar-refractivity contribution in [3.63, 3.8) is 0 Å².